The molecule has 2 N–H and O–H groups in total. The summed E-state index contributed by atoms with van der Waals surface area (Å²) in [5.41, 5.74) is 0.806. The number of ether oxygens (including phenoxy) is 2. The van der Waals surface area contributed by atoms with Gasteiger partial charge in [0.05, 0.1) is 32.0 Å². The van der Waals surface area contributed by atoms with Crippen molar-refractivity contribution in [3.05, 3.63) is 42.5 Å². The molecule has 0 bridgehead atoms. The minimum absolute atomic E-state index is 0.0445. The summed E-state index contributed by atoms with van der Waals surface area (Å²) in [6, 6.07) is 11.4. The first-order chi connectivity index (χ1) is 12.4. The fourth-order valence-electron chi connectivity index (χ4n) is 2.50. The Kier molecular flexibility index (Phi) is 4.81. The highest BCUT2D eigenvalue weighted by Crippen LogP contribution is 2.30. The van der Waals surface area contributed by atoms with Crippen LogP contribution in [0.4, 0.5) is 11.4 Å². The third-order valence-electron chi connectivity index (χ3n) is 3.68. The van der Waals surface area contributed by atoms with Gasteiger partial charge in [-0.1, -0.05) is 12.1 Å². The number of methoxy groups -OCH3 is 2. The Morgan fingerprint density at radius 1 is 1.15 bits per heavy atom. The number of para-hydroxylation sites is 1. The van der Waals surface area contributed by atoms with E-state index in [1.54, 1.807) is 36.4 Å². The Hall–Kier alpha value is -3.07. The van der Waals surface area contributed by atoms with Gasteiger partial charge in [-0.3, -0.25) is 4.79 Å². The van der Waals surface area contributed by atoms with Gasteiger partial charge in [-0.15, -0.1) is 4.40 Å². The van der Waals surface area contributed by atoms with Gasteiger partial charge in [0, 0.05) is 6.07 Å². The summed E-state index contributed by atoms with van der Waals surface area (Å²) in [6.07, 6.45) is -0.242. The number of anilines is 2. The molecule has 0 radical (unpaired) electrons. The van der Waals surface area contributed by atoms with Gasteiger partial charge in [0.15, 0.2) is 0 Å². The number of fused-ring (bicyclic) bond motifs is 1. The van der Waals surface area contributed by atoms with Crippen molar-refractivity contribution < 1.29 is 22.7 Å². The number of hydrogen-bond donors (Lipinski definition) is 2. The number of nitrogens with zero attached hydrogens (tertiary/aromatic N) is 1. The fourth-order valence-corrected chi connectivity index (χ4v) is 3.65. The minimum atomic E-state index is -3.83. The highest BCUT2D eigenvalue weighted by molar-refractivity contribution is 7.90. The Morgan fingerprint density at radius 2 is 1.92 bits per heavy atom. The molecule has 1 aliphatic heterocycles. The maximum Gasteiger partial charge on any atom is 0.286 e. The first kappa shape index (κ1) is 17.7. The number of carbonyl (C=O) groups is 1. The molecule has 2 aromatic rings. The largest absolute Gasteiger partial charge is 0.497 e. The summed E-state index contributed by atoms with van der Waals surface area (Å²) in [7, 11) is -0.842. The molecule has 1 aliphatic rings. The molecule has 9 heteroatoms. The van der Waals surface area contributed by atoms with Crippen LogP contribution in [-0.2, 0) is 14.8 Å². The smallest absolute Gasteiger partial charge is 0.286 e. The van der Waals surface area contributed by atoms with Crippen LogP contribution in [0, 0.1) is 0 Å². The molecule has 136 valence electrons. The van der Waals surface area contributed by atoms with Crippen LogP contribution in [-0.4, -0.2) is 34.4 Å². The quantitative estimate of drug-likeness (QED) is 0.830. The van der Waals surface area contributed by atoms with Gasteiger partial charge in [0.1, 0.15) is 22.2 Å². The maximum absolute atomic E-state index is 12.3. The van der Waals surface area contributed by atoms with E-state index in [9.17, 15) is 13.2 Å². The van der Waals surface area contributed by atoms with E-state index in [1.807, 2.05) is 0 Å². The Balaban J connectivity index is 1.79. The van der Waals surface area contributed by atoms with Gasteiger partial charge in [0.25, 0.3) is 10.0 Å². The number of carbonyl (C=O) groups excluding carboxylic acids is 1. The van der Waals surface area contributed by atoms with Crippen molar-refractivity contribution in [1.82, 2.24) is 0 Å². The second-order valence-corrected chi connectivity index (χ2v) is 7.00. The van der Waals surface area contributed by atoms with Crippen LogP contribution in [0.1, 0.15) is 6.42 Å². The normalized spacial score (nSPS) is 14.5. The molecule has 0 saturated heterocycles. The highest BCUT2D eigenvalue weighted by Gasteiger charge is 2.25. The molecule has 0 spiro atoms. The summed E-state index contributed by atoms with van der Waals surface area (Å²) in [5, 5.41) is 5.55. The molecule has 0 fully saturated rings. The predicted molar refractivity (Wildman–Crippen MR) is 97.5 cm³/mol. The Morgan fingerprint density at radius 3 is 2.65 bits per heavy atom. The highest BCUT2D eigenvalue weighted by atomic mass is 32.2. The number of sulfonamides is 1. The lowest BCUT2D eigenvalue weighted by Crippen LogP contribution is -2.26. The first-order valence-corrected chi connectivity index (χ1v) is 9.09. The third-order valence-corrected chi connectivity index (χ3v) is 5.06. The molecule has 0 aromatic heterocycles. The predicted octanol–water partition coefficient (Wildman–Crippen LogP) is 2.25. The lowest BCUT2D eigenvalue weighted by molar-refractivity contribution is -0.115. The zero-order chi connectivity index (χ0) is 18.7. The molecule has 2 aromatic carbocycles. The summed E-state index contributed by atoms with van der Waals surface area (Å²) < 4.78 is 38.4. The van der Waals surface area contributed by atoms with E-state index in [4.69, 9.17) is 9.47 Å². The zero-order valence-corrected chi connectivity index (χ0v) is 15.0. The minimum Gasteiger partial charge on any atom is -0.497 e. The molecular formula is C17H17N3O5S. The molecule has 1 heterocycles. The van der Waals surface area contributed by atoms with Gasteiger partial charge in [-0.2, -0.15) is 8.42 Å². The summed E-state index contributed by atoms with van der Waals surface area (Å²) in [4.78, 5) is 12.4. The zero-order valence-electron chi connectivity index (χ0n) is 14.1. The number of hydrogen-bond acceptors (Lipinski definition) is 6. The van der Waals surface area contributed by atoms with Crippen molar-refractivity contribution in [3.8, 4) is 11.5 Å². The van der Waals surface area contributed by atoms with Crippen LogP contribution in [0.3, 0.4) is 0 Å². The number of nitrogens with one attached hydrogen (secondary N) is 2. The Labute approximate surface area is 150 Å². The van der Waals surface area contributed by atoms with Crippen molar-refractivity contribution in [3.63, 3.8) is 0 Å². The molecule has 0 saturated carbocycles. The van der Waals surface area contributed by atoms with Gasteiger partial charge >= 0.3 is 0 Å². The van der Waals surface area contributed by atoms with Gasteiger partial charge in [-0.05, 0) is 24.3 Å². The van der Waals surface area contributed by atoms with E-state index in [1.165, 1.54) is 20.3 Å². The molecule has 3 rings (SSSR count). The molecule has 0 atom stereocenters. The van der Waals surface area contributed by atoms with Crippen LogP contribution < -0.4 is 20.1 Å². The standard InChI is InChI=1S/C17H17N3O5S/c1-24-11-7-8-14(25-2)13(9-11)19-17(21)10-16-18-12-5-3-4-6-15(12)26(22,23)20-16/h3-9H,10H2,1-2H3,(H,18,20)(H,19,21). The average Bonchev–Trinajstić information content (AvgIpc) is 2.61. The van der Waals surface area contributed by atoms with Crippen LogP contribution in [0.25, 0.3) is 0 Å². The summed E-state index contributed by atoms with van der Waals surface area (Å²) >= 11 is 0. The fraction of sp³-hybridized carbons (Fsp3) is 0.176. The molecule has 26 heavy (non-hydrogen) atoms. The average molecular weight is 375 g/mol. The maximum atomic E-state index is 12.3. The van der Waals surface area contributed by atoms with Crippen molar-refractivity contribution >= 4 is 33.1 Å². The lowest BCUT2D eigenvalue weighted by Gasteiger charge is -2.18. The third kappa shape index (κ3) is 3.62. The number of benzene rings is 2. The molecule has 0 aliphatic carbocycles. The first-order valence-electron chi connectivity index (χ1n) is 7.64. The van der Waals surface area contributed by atoms with E-state index in [-0.39, 0.29) is 17.2 Å². The SMILES string of the molecule is COc1ccc(OC)c(NC(=O)CC2=NS(=O)(=O)c3ccccc3N2)c1. The van der Waals surface area contributed by atoms with Gasteiger partial charge in [0.2, 0.25) is 5.91 Å². The van der Waals surface area contributed by atoms with E-state index in [0.29, 0.717) is 22.9 Å². The van der Waals surface area contributed by atoms with E-state index < -0.39 is 15.9 Å². The van der Waals surface area contributed by atoms with Crippen molar-refractivity contribution in [2.75, 3.05) is 24.9 Å². The molecule has 8 nitrogen and oxygen atoms in total. The van der Waals surface area contributed by atoms with Gasteiger partial charge in [-0.25, -0.2) is 0 Å². The van der Waals surface area contributed by atoms with Crippen LogP contribution in [0.2, 0.25) is 0 Å². The van der Waals surface area contributed by atoms with Crippen molar-refractivity contribution in [2.45, 2.75) is 11.3 Å². The van der Waals surface area contributed by atoms with Crippen LogP contribution >= 0.6 is 0 Å². The van der Waals surface area contributed by atoms with Crippen LogP contribution in [0.15, 0.2) is 51.8 Å². The molecule has 1 amide bonds. The molecular weight excluding hydrogens is 358 g/mol. The topological polar surface area (TPSA) is 106 Å². The Bertz CT molecular complexity index is 986. The van der Waals surface area contributed by atoms with E-state index in [2.05, 4.69) is 15.0 Å². The van der Waals surface area contributed by atoms with E-state index >= 15 is 0 Å². The monoisotopic (exact) mass is 375 g/mol. The second kappa shape index (κ2) is 7.04. The second-order valence-electron chi connectivity index (χ2n) is 5.43. The number of rotatable bonds is 5. The number of amidine groups is 1. The summed E-state index contributed by atoms with van der Waals surface area (Å²) in [6.45, 7) is 0. The number of amides is 1. The van der Waals surface area contributed by atoms with Crippen LogP contribution in [0.5, 0.6) is 11.5 Å². The lowest BCUT2D eigenvalue weighted by atomic mass is 10.2. The van der Waals surface area contributed by atoms with E-state index in [0.717, 1.165) is 0 Å². The van der Waals surface area contributed by atoms with Gasteiger partial charge < -0.3 is 20.1 Å². The van der Waals surface area contributed by atoms with Crippen molar-refractivity contribution in [1.29, 1.82) is 0 Å². The molecule has 0 unspecified atom stereocenters. The summed E-state index contributed by atoms with van der Waals surface area (Å²) in [5.74, 6) is 0.599. The van der Waals surface area contributed by atoms with Crippen molar-refractivity contribution in [2.24, 2.45) is 4.40 Å².